The maximum atomic E-state index is 10.2. The molecule has 0 radical (unpaired) electrons. The van der Waals surface area contributed by atoms with Crippen molar-refractivity contribution in [2.45, 2.75) is 38.5 Å². The standard InChI is InChI=1S/C6H12.C4H3NO3/c1-2-4-6-5-3-1;6-3-1-2-8-5-4(3)7/h1-6H2;1-2H,(H,5,7). The molecule has 0 aliphatic heterocycles. The van der Waals surface area contributed by atoms with Gasteiger partial charge in [-0.1, -0.05) is 38.5 Å². The van der Waals surface area contributed by atoms with E-state index in [9.17, 15) is 9.59 Å². The Bertz CT molecular complexity index is 308. The Labute approximate surface area is 81.9 Å². The van der Waals surface area contributed by atoms with Crippen LogP contribution in [0.5, 0.6) is 0 Å². The highest BCUT2D eigenvalue weighted by molar-refractivity contribution is 4.81. The minimum atomic E-state index is -0.729. The van der Waals surface area contributed by atoms with Crippen LogP contribution >= 0.6 is 0 Å². The number of aromatic amines is 1. The maximum Gasteiger partial charge on any atom is 0.324 e. The molecule has 0 atom stereocenters. The zero-order valence-electron chi connectivity index (χ0n) is 8.12. The summed E-state index contributed by atoms with van der Waals surface area (Å²) in [7, 11) is 0. The van der Waals surface area contributed by atoms with Gasteiger partial charge in [0.1, 0.15) is 6.26 Å². The maximum absolute atomic E-state index is 10.2. The molecule has 14 heavy (non-hydrogen) atoms. The summed E-state index contributed by atoms with van der Waals surface area (Å²) in [6, 6.07) is 1.05. The van der Waals surface area contributed by atoms with Gasteiger partial charge >= 0.3 is 5.56 Å². The van der Waals surface area contributed by atoms with E-state index in [2.05, 4.69) is 4.52 Å². The lowest BCUT2D eigenvalue weighted by molar-refractivity contribution is 0.388. The molecular formula is C10H15NO3. The normalized spacial score (nSPS) is 15.4. The minimum Gasteiger partial charge on any atom is -0.387 e. The molecule has 0 unspecified atom stereocenters. The summed E-state index contributed by atoms with van der Waals surface area (Å²) >= 11 is 0. The summed E-state index contributed by atoms with van der Waals surface area (Å²) in [4.78, 5) is 20.4. The van der Waals surface area contributed by atoms with Crippen molar-refractivity contribution >= 4 is 0 Å². The van der Waals surface area contributed by atoms with Crippen LogP contribution in [0.2, 0.25) is 0 Å². The molecule has 4 nitrogen and oxygen atoms in total. The minimum absolute atomic E-state index is 0.587. The first-order valence-electron chi connectivity index (χ1n) is 4.97. The van der Waals surface area contributed by atoms with Crippen LogP contribution in [0.3, 0.4) is 0 Å². The van der Waals surface area contributed by atoms with Crippen LogP contribution in [-0.4, -0.2) is 5.16 Å². The summed E-state index contributed by atoms with van der Waals surface area (Å²) in [5.74, 6) is 0. The van der Waals surface area contributed by atoms with Crippen molar-refractivity contribution in [3.8, 4) is 0 Å². The van der Waals surface area contributed by atoms with Crippen molar-refractivity contribution in [3.63, 3.8) is 0 Å². The van der Waals surface area contributed by atoms with Gasteiger partial charge in [0, 0.05) is 6.07 Å². The van der Waals surface area contributed by atoms with E-state index < -0.39 is 11.0 Å². The fraction of sp³-hybridized carbons (Fsp3) is 0.600. The Hall–Kier alpha value is -1.32. The van der Waals surface area contributed by atoms with Crippen molar-refractivity contribution < 1.29 is 4.52 Å². The molecule has 0 spiro atoms. The van der Waals surface area contributed by atoms with Gasteiger partial charge in [0.2, 0.25) is 5.43 Å². The van der Waals surface area contributed by atoms with Crippen LogP contribution in [0, 0.1) is 0 Å². The van der Waals surface area contributed by atoms with Crippen molar-refractivity contribution in [1.82, 2.24) is 5.16 Å². The summed E-state index contributed by atoms with van der Waals surface area (Å²) in [6.45, 7) is 0. The first-order valence-corrected chi connectivity index (χ1v) is 4.97. The van der Waals surface area contributed by atoms with Gasteiger partial charge in [-0.25, -0.2) is 0 Å². The van der Waals surface area contributed by atoms with Crippen molar-refractivity contribution in [2.75, 3.05) is 0 Å². The molecule has 78 valence electrons. The summed E-state index contributed by atoms with van der Waals surface area (Å²) < 4.78 is 4.25. The van der Waals surface area contributed by atoms with Crippen molar-refractivity contribution in [1.29, 1.82) is 0 Å². The molecule has 2 rings (SSSR count). The van der Waals surface area contributed by atoms with Gasteiger partial charge in [-0.15, -0.1) is 0 Å². The lowest BCUT2D eigenvalue weighted by Crippen LogP contribution is -2.23. The first-order chi connectivity index (χ1) is 6.80. The fourth-order valence-corrected chi connectivity index (χ4v) is 1.37. The third-order valence-corrected chi connectivity index (χ3v) is 2.16. The average molecular weight is 197 g/mol. The number of rotatable bonds is 0. The third-order valence-electron chi connectivity index (χ3n) is 2.16. The molecule has 1 aliphatic carbocycles. The monoisotopic (exact) mass is 197 g/mol. The number of H-pyrrole nitrogens is 1. The van der Waals surface area contributed by atoms with Crippen LogP contribution in [0.4, 0.5) is 0 Å². The molecular weight excluding hydrogens is 182 g/mol. The van der Waals surface area contributed by atoms with Crippen LogP contribution in [0.1, 0.15) is 38.5 Å². The molecule has 4 heteroatoms. The lowest BCUT2D eigenvalue weighted by atomic mass is 10.0. The van der Waals surface area contributed by atoms with Crippen LogP contribution in [0.25, 0.3) is 0 Å². The molecule has 1 saturated carbocycles. The number of nitrogens with one attached hydrogen (secondary N) is 1. The zero-order valence-corrected chi connectivity index (χ0v) is 8.12. The highest BCUT2D eigenvalue weighted by atomic mass is 16.5. The van der Waals surface area contributed by atoms with E-state index in [0.717, 1.165) is 12.3 Å². The van der Waals surface area contributed by atoms with Crippen LogP contribution in [-0.2, 0) is 0 Å². The quantitative estimate of drug-likeness (QED) is 0.643. The smallest absolute Gasteiger partial charge is 0.324 e. The highest BCUT2D eigenvalue weighted by Crippen LogP contribution is 2.15. The summed E-state index contributed by atoms with van der Waals surface area (Å²) in [6.07, 6.45) is 10.1. The lowest BCUT2D eigenvalue weighted by Gasteiger charge is -2.05. The van der Waals surface area contributed by atoms with Crippen LogP contribution < -0.4 is 11.0 Å². The van der Waals surface area contributed by atoms with Crippen molar-refractivity contribution in [3.05, 3.63) is 32.9 Å². The van der Waals surface area contributed by atoms with Gasteiger partial charge in [-0.05, 0) is 0 Å². The Balaban J connectivity index is 0.000000146. The summed E-state index contributed by atoms with van der Waals surface area (Å²) in [5.41, 5.74) is -1.32. The molecule has 1 aliphatic rings. The van der Waals surface area contributed by atoms with E-state index in [4.69, 9.17) is 0 Å². The Kier molecular flexibility index (Phi) is 4.75. The van der Waals surface area contributed by atoms with Gasteiger partial charge < -0.3 is 4.52 Å². The van der Waals surface area contributed by atoms with Crippen LogP contribution in [0.15, 0.2) is 26.4 Å². The molecule has 0 amide bonds. The van der Waals surface area contributed by atoms with E-state index >= 15 is 0 Å². The fourth-order valence-electron chi connectivity index (χ4n) is 1.37. The molecule has 0 bridgehead atoms. The second-order valence-electron chi connectivity index (χ2n) is 3.34. The van der Waals surface area contributed by atoms with Gasteiger partial charge in [-0.2, -0.15) is 5.16 Å². The highest BCUT2D eigenvalue weighted by Gasteiger charge is 1.95. The number of aromatic nitrogens is 1. The first kappa shape index (κ1) is 10.8. The van der Waals surface area contributed by atoms with E-state index in [1.54, 1.807) is 0 Å². The Morgan fingerprint density at radius 1 is 1.00 bits per heavy atom. The summed E-state index contributed by atoms with van der Waals surface area (Å²) in [5, 5.41) is 1.86. The Morgan fingerprint density at radius 2 is 1.50 bits per heavy atom. The van der Waals surface area contributed by atoms with E-state index in [-0.39, 0.29) is 0 Å². The predicted octanol–water partition coefficient (Wildman–Crippen LogP) is 1.67. The molecule has 1 fully saturated rings. The molecule has 1 N–H and O–H groups in total. The largest absolute Gasteiger partial charge is 0.387 e. The van der Waals surface area contributed by atoms with Gasteiger partial charge in [0.25, 0.3) is 0 Å². The number of hydrogen-bond donors (Lipinski definition) is 1. The second kappa shape index (κ2) is 6.18. The topological polar surface area (TPSA) is 63.1 Å². The average Bonchev–Trinajstić information content (AvgIpc) is 2.26. The van der Waals surface area contributed by atoms with Gasteiger partial charge in [0.05, 0.1) is 0 Å². The van der Waals surface area contributed by atoms with Gasteiger partial charge in [-0.3, -0.25) is 9.59 Å². The molecule has 1 aromatic rings. The van der Waals surface area contributed by atoms with E-state index in [0.29, 0.717) is 0 Å². The molecule has 0 saturated heterocycles. The Morgan fingerprint density at radius 3 is 1.79 bits per heavy atom. The van der Waals surface area contributed by atoms with E-state index in [1.165, 1.54) is 38.5 Å². The predicted molar refractivity (Wildman–Crippen MR) is 53.3 cm³/mol. The molecule has 0 aromatic carbocycles. The zero-order chi connectivity index (χ0) is 10.2. The number of hydrogen-bond acceptors (Lipinski definition) is 3. The van der Waals surface area contributed by atoms with Gasteiger partial charge in [0.15, 0.2) is 0 Å². The molecule has 1 aromatic heterocycles. The molecule has 1 heterocycles. The third kappa shape index (κ3) is 4.07. The SMILES string of the molecule is C1CCCCC1.O=c1cco[nH]c1=O. The van der Waals surface area contributed by atoms with Crippen molar-refractivity contribution in [2.24, 2.45) is 0 Å². The second-order valence-corrected chi connectivity index (χ2v) is 3.34. The van der Waals surface area contributed by atoms with E-state index in [1.807, 2.05) is 5.16 Å².